The molecule has 2 aliphatic heterocycles. The first-order valence-corrected chi connectivity index (χ1v) is 9.70. The van der Waals surface area contributed by atoms with Gasteiger partial charge >= 0.3 is 0 Å². The van der Waals surface area contributed by atoms with Gasteiger partial charge in [0, 0.05) is 26.2 Å². The Morgan fingerprint density at radius 2 is 1.69 bits per heavy atom. The highest BCUT2D eigenvalue weighted by atomic mass is 16.2. The van der Waals surface area contributed by atoms with E-state index in [9.17, 15) is 4.79 Å². The molecule has 0 spiro atoms. The minimum Gasteiger partial charge on any atom is -0.355 e. The fourth-order valence-electron chi connectivity index (χ4n) is 3.99. The SMILES string of the molecule is O=C(c1cnc(N2CCC(Cc3ccccc3)CC2)cn1)N1CCCC1. The lowest BCUT2D eigenvalue weighted by atomic mass is 9.90. The first-order chi connectivity index (χ1) is 12.8. The average Bonchev–Trinajstić information content (AvgIpc) is 3.24. The molecule has 5 nitrogen and oxygen atoms in total. The molecule has 5 heteroatoms. The predicted molar refractivity (Wildman–Crippen MR) is 102 cm³/mol. The summed E-state index contributed by atoms with van der Waals surface area (Å²) < 4.78 is 0. The molecule has 3 heterocycles. The Balaban J connectivity index is 1.32. The number of benzene rings is 1. The van der Waals surface area contributed by atoms with E-state index >= 15 is 0 Å². The van der Waals surface area contributed by atoms with Crippen molar-refractivity contribution < 1.29 is 4.79 Å². The van der Waals surface area contributed by atoms with Gasteiger partial charge in [-0.2, -0.15) is 0 Å². The predicted octanol–water partition coefficient (Wildman–Crippen LogP) is 3.17. The molecule has 26 heavy (non-hydrogen) atoms. The van der Waals surface area contributed by atoms with Crippen molar-refractivity contribution in [2.24, 2.45) is 5.92 Å². The molecular weight excluding hydrogens is 324 g/mol. The van der Waals surface area contributed by atoms with Crippen molar-refractivity contribution in [3.05, 3.63) is 54.0 Å². The molecule has 0 radical (unpaired) electrons. The summed E-state index contributed by atoms with van der Waals surface area (Å²) in [4.78, 5) is 25.4. The van der Waals surface area contributed by atoms with E-state index in [2.05, 4.69) is 45.2 Å². The number of piperidine rings is 1. The number of carbonyl (C=O) groups is 1. The standard InChI is InChI=1S/C21H26N4O/c26-21(25-10-4-5-11-25)19-15-23-20(16-22-19)24-12-8-18(9-13-24)14-17-6-2-1-3-7-17/h1-3,6-7,15-16,18H,4-5,8-14H2. The summed E-state index contributed by atoms with van der Waals surface area (Å²) in [7, 11) is 0. The molecule has 0 atom stereocenters. The van der Waals surface area contributed by atoms with Crippen LogP contribution >= 0.6 is 0 Å². The summed E-state index contributed by atoms with van der Waals surface area (Å²) in [5, 5.41) is 0. The second kappa shape index (κ2) is 7.85. The van der Waals surface area contributed by atoms with Crippen LogP contribution in [0, 0.1) is 5.92 Å². The number of hydrogen-bond acceptors (Lipinski definition) is 4. The smallest absolute Gasteiger partial charge is 0.274 e. The second-order valence-corrected chi connectivity index (χ2v) is 7.38. The molecular formula is C21H26N4O. The number of amides is 1. The highest BCUT2D eigenvalue weighted by molar-refractivity contribution is 5.92. The lowest BCUT2D eigenvalue weighted by Crippen LogP contribution is -2.35. The zero-order chi connectivity index (χ0) is 17.8. The number of rotatable bonds is 4. The fourth-order valence-corrected chi connectivity index (χ4v) is 3.99. The van der Waals surface area contributed by atoms with Crippen molar-refractivity contribution in [2.75, 3.05) is 31.1 Å². The maximum atomic E-state index is 12.4. The third-order valence-electron chi connectivity index (χ3n) is 5.56. The van der Waals surface area contributed by atoms with E-state index in [0.717, 1.165) is 57.2 Å². The zero-order valence-electron chi connectivity index (χ0n) is 15.2. The summed E-state index contributed by atoms with van der Waals surface area (Å²) in [6.45, 7) is 3.70. The molecule has 2 fully saturated rings. The first-order valence-electron chi connectivity index (χ1n) is 9.70. The summed E-state index contributed by atoms with van der Waals surface area (Å²) in [6.07, 6.45) is 9.09. The molecule has 2 saturated heterocycles. The van der Waals surface area contributed by atoms with E-state index in [0.29, 0.717) is 5.69 Å². The summed E-state index contributed by atoms with van der Waals surface area (Å²) >= 11 is 0. The number of aromatic nitrogens is 2. The van der Waals surface area contributed by atoms with E-state index < -0.39 is 0 Å². The number of hydrogen-bond donors (Lipinski definition) is 0. The van der Waals surface area contributed by atoms with E-state index in [4.69, 9.17) is 0 Å². The van der Waals surface area contributed by atoms with Crippen LogP contribution in [0.1, 0.15) is 41.7 Å². The summed E-state index contributed by atoms with van der Waals surface area (Å²) in [6, 6.07) is 10.7. The molecule has 0 bridgehead atoms. The van der Waals surface area contributed by atoms with Gasteiger partial charge in [-0.25, -0.2) is 9.97 Å². The van der Waals surface area contributed by atoms with E-state index in [-0.39, 0.29) is 5.91 Å². The fraction of sp³-hybridized carbons (Fsp3) is 0.476. The monoisotopic (exact) mass is 350 g/mol. The van der Waals surface area contributed by atoms with Crippen LogP contribution in [0.15, 0.2) is 42.7 Å². The van der Waals surface area contributed by atoms with Crippen LogP contribution in [0.25, 0.3) is 0 Å². The number of likely N-dealkylation sites (tertiary alicyclic amines) is 1. The van der Waals surface area contributed by atoms with E-state index in [1.165, 1.54) is 18.4 Å². The third-order valence-corrected chi connectivity index (χ3v) is 5.56. The Morgan fingerprint density at radius 3 is 2.35 bits per heavy atom. The lowest BCUT2D eigenvalue weighted by molar-refractivity contribution is 0.0786. The van der Waals surface area contributed by atoms with E-state index in [1.54, 1.807) is 12.4 Å². The van der Waals surface area contributed by atoms with Gasteiger partial charge in [-0.3, -0.25) is 4.79 Å². The zero-order valence-corrected chi connectivity index (χ0v) is 15.2. The molecule has 0 aliphatic carbocycles. The van der Waals surface area contributed by atoms with Gasteiger partial charge in [0.05, 0.1) is 12.4 Å². The third kappa shape index (κ3) is 3.87. The number of anilines is 1. The number of carbonyl (C=O) groups excluding carboxylic acids is 1. The molecule has 1 aromatic carbocycles. The Labute approximate surface area is 155 Å². The van der Waals surface area contributed by atoms with Gasteiger partial charge in [-0.15, -0.1) is 0 Å². The highest BCUT2D eigenvalue weighted by Gasteiger charge is 2.23. The molecule has 0 N–H and O–H groups in total. The van der Waals surface area contributed by atoms with Crippen molar-refractivity contribution in [3.8, 4) is 0 Å². The van der Waals surface area contributed by atoms with Gasteiger partial charge in [0.2, 0.25) is 0 Å². The van der Waals surface area contributed by atoms with Crippen molar-refractivity contribution >= 4 is 11.7 Å². The maximum absolute atomic E-state index is 12.4. The minimum absolute atomic E-state index is 0.0168. The molecule has 4 rings (SSSR count). The Kier molecular flexibility index (Phi) is 5.14. The molecule has 136 valence electrons. The highest BCUT2D eigenvalue weighted by Crippen LogP contribution is 2.24. The van der Waals surface area contributed by atoms with Crippen LogP contribution in [0.5, 0.6) is 0 Å². The molecule has 1 amide bonds. The van der Waals surface area contributed by atoms with Crippen LogP contribution in [0.3, 0.4) is 0 Å². The molecule has 1 aromatic heterocycles. The van der Waals surface area contributed by atoms with Gasteiger partial charge in [-0.05, 0) is 43.6 Å². The second-order valence-electron chi connectivity index (χ2n) is 7.38. The molecule has 2 aliphatic rings. The van der Waals surface area contributed by atoms with Gasteiger partial charge in [-0.1, -0.05) is 30.3 Å². The quantitative estimate of drug-likeness (QED) is 0.850. The van der Waals surface area contributed by atoms with Crippen molar-refractivity contribution in [1.29, 1.82) is 0 Å². The topological polar surface area (TPSA) is 49.3 Å². The molecule has 0 unspecified atom stereocenters. The molecule has 2 aromatic rings. The lowest BCUT2D eigenvalue weighted by Gasteiger charge is -2.32. The minimum atomic E-state index is 0.0168. The van der Waals surface area contributed by atoms with Gasteiger partial charge < -0.3 is 9.80 Å². The number of nitrogens with zero attached hydrogens (tertiary/aromatic N) is 4. The Morgan fingerprint density at radius 1 is 0.962 bits per heavy atom. The maximum Gasteiger partial charge on any atom is 0.274 e. The van der Waals surface area contributed by atoms with Gasteiger partial charge in [0.25, 0.3) is 5.91 Å². The van der Waals surface area contributed by atoms with Crippen molar-refractivity contribution in [3.63, 3.8) is 0 Å². The van der Waals surface area contributed by atoms with Crippen molar-refractivity contribution in [1.82, 2.24) is 14.9 Å². The summed E-state index contributed by atoms with van der Waals surface area (Å²) in [5.41, 5.74) is 1.89. The van der Waals surface area contributed by atoms with E-state index in [1.807, 2.05) is 4.90 Å². The van der Waals surface area contributed by atoms with Crippen LogP contribution in [0.4, 0.5) is 5.82 Å². The normalized spacial score (nSPS) is 18.3. The average molecular weight is 350 g/mol. The van der Waals surface area contributed by atoms with Gasteiger partial charge in [0.1, 0.15) is 11.5 Å². The van der Waals surface area contributed by atoms with Crippen LogP contribution in [-0.4, -0.2) is 47.0 Å². The Hall–Kier alpha value is -2.43. The van der Waals surface area contributed by atoms with Crippen LogP contribution < -0.4 is 4.90 Å². The summed E-state index contributed by atoms with van der Waals surface area (Å²) in [5.74, 6) is 1.64. The first kappa shape index (κ1) is 17.0. The Bertz CT molecular complexity index is 717. The molecule has 0 saturated carbocycles. The largest absolute Gasteiger partial charge is 0.355 e. The van der Waals surface area contributed by atoms with Crippen LogP contribution in [-0.2, 0) is 6.42 Å². The van der Waals surface area contributed by atoms with Crippen molar-refractivity contribution in [2.45, 2.75) is 32.1 Å². The van der Waals surface area contributed by atoms with Crippen LogP contribution in [0.2, 0.25) is 0 Å². The van der Waals surface area contributed by atoms with Gasteiger partial charge in [0.15, 0.2) is 0 Å².